The highest BCUT2D eigenvalue weighted by Gasteiger charge is 2.27. The first-order chi connectivity index (χ1) is 15.3. The van der Waals surface area contributed by atoms with Crippen molar-refractivity contribution in [1.82, 2.24) is 0 Å². The summed E-state index contributed by atoms with van der Waals surface area (Å²) in [5.41, 5.74) is 1.71. The van der Waals surface area contributed by atoms with Gasteiger partial charge in [0, 0.05) is 12.0 Å². The van der Waals surface area contributed by atoms with Crippen LogP contribution in [0.3, 0.4) is 0 Å². The topological polar surface area (TPSA) is 93.1 Å². The van der Waals surface area contributed by atoms with E-state index in [0.29, 0.717) is 41.0 Å². The van der Waals surface area contributed by atoms with Crippen LogP contribution in [-0.4, -0.2) is 34.2 Å². The van der Waals surface area contributed by atoms with E-state index in [0.717, 1.165) is 30.2 Å². The summed E-state index contributed by atoms with van der Waals surface area (Å²) in [5, 5.41) is 19.5. The van der Waals surface area contributed by atoms with Crippen molar-refractivity contribution in [2.75, 3.05) is 0 Å². The second-order valence-electron chi connectivity index (χ2n) is 8.23. The zero-order chi connectivity index (χ0) is 23.3. The summed E-state index contributed by atoms with van der Waals surface area (Å²) < 4.78 is 13.2. The van der Waals surface area contributed by atoms with E-state index in [9.17, 15) is 14.7 Å². The predicted octanol–water partition coefficient (Wildman–Crippen LogP) is 5.71. The summed E-state index contributed by atoms with van der Waals surface area (Å²) >= 11 is 3.48. The molecular formula is C25H29BrO6. The number of hydrogen-bond acceptors (Lipinski definition) is 5. The fourth-order valence-corrected chi connectivity index (χ4v) is 4.62. The van der Waals surface area contributed by atoms with Gasteiger partial charge in [-0.25, -0.2) is 0 Å². The number of carboxylic acids is 1. The van der Waals surface area contributed by atoms with Crippen LogP contribution in [0.2, 0.25) is 0 Å². The molecule has 32 heavy (non-hydrogen) atoms. The summed E-state index contributed by atoms with van der Waals surface area (Å²) in [4.78, 5) is 22.7. The van der Waals surface area contributed by atoms with Gasteiger partial charge in [0.25, 0.3) is 0 Å². The van der Waals surface area contributed by atoms with Gasteiger partial charge >= 0.3 is 5.97 Å². The van der Waals surface area contributed by atoms with E-state index in [2.05, 4.69) is 15.9 Å². The number of carboxylic acid groups (broad SMARTS) is 1. The zero-order valence-corrected chi connectivity index (χ0v) is 20.0. The van der Waals surface area contributed by atoms with Crippen molar-refractivity contribution in [2.24, 2.45) is 0 Å². The van der Waals surface area contributed by atoms with Crippen molar-refractivity contribution < 1.29 is 29.3 Å². The first kappa shape index (κ1) is 24.1. The van der Waals surface area contributed by atoms with Gasteiger partial charge in [-0.1, -0.05) is 19.4 Å². The van der Waals surface area contributed by atoms with Crippen LogP contribution in [0.25, 0.3) is 0 Å². The number of phenols is 1. The van der Waals surface area contributed by atoms with E-state index in [-0.39, 0.29) is 30.2 Å². The van der Waals surface area contributed by atoms with Gasteiger partial charge in [-0.15, -0.1) is 0 Å². The van der Waals surface area contributed by atoms with E-state index in [1.807, 2.05) is 6.92 Å². The highest BCUT2D eigenvalue weighted by molar-refractivity contribution is 9.10. The second kappa shape index (κ2) is 10.9. The van der Waals surface area contributed by atoms with Crippen LogP contribution < -0.4 is 9.47 Å². The Bertz CT molecular complexity index is 987. The molecule has 0 saturated heterocycles. The monoisotopic (exact) mass is 504 g/mol. The van der Waals surface area contributed by atoms with Crippen LogP contribution >= 0.6 is 15.9 Å². The third-order valence-corrected chi connectivity index (χ3v) is 6.26. The number of benzene rings is 2. The van der Waals surface area contributed by atoms with E-state index in [1.165, 1.54) is 6.92 Å². The minimum Gasteiger partial charge on any atom is -0.507 e. The summed E-state index contributed by atoms with van der Waals surface area (Å²) in [6.45, 7) is 3.47. The van der Waals surface area contributed by atoms with Gasteiger partial charge in [0.15, 0.2) is 5.78 Å². The maximum absolute atomic E-state index is 11.8. The van der Waals surface area contributed by atoms with Gasteiger partial charge in [-0.05, 0) is 78.4 Å². The molecular weight excluding hydrogens is 476 g/mol. The number of aromatic hydroxyl groups is 1. The predicted molar refractivity (Wildman–Crippen MR) is 125 cm³/mol. The third-order valence-electron chi connectivity index (χ3n) is 5.64. The molecule has 7 heteroatoms. The first-order valence-corrected chi connectivity index (χ1v) is 11.8. The van der Waals surface area contributed by atoms with E-state index >= 15 is 0 Å². The summed E-state index contributed by atoms with van der Waals surface area (Å²) in [5.74, 6) is 0.282. The molecule has 1 saturated carbocycles. The number of Topliss-reactive ketones (excluding diaryl/α,β-unsaturated/α-hetero) is 1. The molecule has 0 aliphatic heterocycles. The van der Waals surface area contributed by atoms with Crippen molar-refractivity contribution in [1.29, 1.82) is 0 Å². The molecule has 0 amide bonds. The minimum absolute atomic E-state index is 0.0193. The number of ketones is 1. The Morgan fingerprint density at radius 3 is 2.34 bits per heavy atom. The minimum atomic E-state index is -0.873. The van der Waals surface area contributed by atoms with Gasteiger partial charge in [0.2, 0.25) is 0 Å². The molecule has 0 heterocycles. The molecule has 0 radical (unpaired) electrons. The van der Waals surface area contributed by atoms with Crippen molar-refractivity contribution >= 4 is 27.7 Å². The average Bonchev–Trinajstić information content (AvgIpc) is 2.72. The number of phenolic OH excluding ortho intramolecular Hbond substituents is 1. The Kier molecular flexibility index (Phi) is 8.18. The van der Waals surface area contributed by atoms with E-state index in [1.54, 1.807) is 30.3 Å². The molecule has 2 aromatic rings. The molecule has 1 fully saturated rings. The summed E-state index contributed by atoms with van der Waals surface area (Å²) in [6, 6.07) is 8.74. The molecule has 1 aliphatic rings. The van der Waals surface area contributed by atoms with E-state index in [4.69, 9.17) is 14.6 Å². The van der Waals surface area contributed by atoms with Crippen molar-refractivity contribution in [2.45, 2.75) is 71.0 Å². The van der Waals surface area contributed by atoms with Gasteiger partial charge < -0.3 is 19.7 Å². The third kappa shape index (κ3) is 6.03. The standard InChI is InChI=1S/C25H29BrO6/c1-3-5-20-22(11-9-19(15(2)27)25(20)30)31-17-6-4-7-18(14-17)32-23-10-8-16(12-21(23)26)13-24(28)29/h8-12,17-18,30H,3-7,13-14H2,1-2H3,(H,28,29)/t17-,18-/m0/s1. The van der Waals surface area contributed by atoms with Crippen LogP contribution in [0, 0.1) is 0 Å². The number of ether oxygens (including phenoxy) is 2. The maximum atomic E-state index is 11.8. The Balaban J connectivity index is 1.70. The molecule has 1 aliphatic carbocycles. The van der Waals surface area contributed by atoms with Gasteiger partial charge in [-0.3, -0.25) is 9.59 Å². The maximum Gasteiger partial charge on any atom is 0.307 e. The normalized spacial score (nSPS) is 18.2. The number of rotatable bonds is 9. The molecule has 172 valence electrons. The lowest BCUT2D eigenvalue weighted by atomic mass is 9.94. The lowest BCUT2D eigenvalue weighted by molar-refractivity contribution is -0.136. The lowest BCUT2D eigenvalue weighted by Crippen LogP contribution is -2.32. The Morgan fingerprint density at radius 1 is 1.09 bits per heavy atom. The first-order valence-electron chi connectivity index (χ1n) is 11.0. The Labute approximate surface area is 196 Å². The summed E-state index contributed by atoms with van der Waals surface area (Å²) in [6.07, 6.45) is 4.77. The highest BCUT2D eigenvalue weighted by atomic mass is 79.9. The van der Waals surface area contributed by atoms with Crippen LogP contribution in [-0.2, 0) is 17.6 Å². The Morgan fingerprint density at radius 2 is 1.75 bits per heavy atom. The lowest BCUT2D eigenvalue weighted by Gasteiger charge is -2.31. The highest BCUT2D eigenvalue weighted by Crippen LogP contribution is 2.36. The molecule has 6 nitrogen and oxygen atoms in total. The number of halogens is 1. The molecule has 3 rings (SSSR count). The Hall–Kier alpha value is -2.54. The largest absolute Gasteiger partial charge is 0.507 e. The molecule has 2 N–H and O–H groups in total. The number of carbonyl (C=O) groups excluding carboxylic acids is 1. The molecule has 0 spiro atoms. The zero-order valence-electron chi connectivity index (χ0n) is 18.4. The smallest absolute Gasteiger partial charge is 0.307 e. The molecule has 0 aromatic heterocycles. The number of aliphatic carboxylic acids is 1. The van der Waals surface area contributed by atoms with Crippen molar-refractivity contribution in [3.05, 3.63) is 51.5 Å². The molecule has 2 atom stereocenters. The van der Waals surface area contributed by atoms with Crippen LogP contribution in [0.1, 0.15) is 67.4 Å². The van der Waals surface area contributed by atoms with Crippen molar-refractivity contribution in [3.8, 4) is 17.2 Å². The van der Waals surface area contributed by atoms with Gasteiger partial charge in [0.05, 0.1) is 16.5 Å². The molecule has 0 unspecified atom stereocenters. The number of carbonyl (C=O) groups is 2. The molecule has 2 aromatic carbocycles. The van der Waals surface area contributed by atoms with Crippen LogP contribution in [0.5, 0.6) is 17.2 Å². The fourth-order valence-electron chi connectivity index (χ4n) is 4.10. The number of hydrogen-bond donors (Lipinski definition) is 2. The van der Waals surface area contributed by atoms with Gasteiger partial charge in [-0.2, -0.15) is 0 Å². The van der Waals surface area contributed by atoms with Gasteiger partial charge in [0.1, 0.15) is 29.5 Å². The van der Waals surface area contributed by atoms with Crippen LogP contribution in [0.4, 0.5) is 0 Å². The second-order valence-corrected chi connectivity index (χ2v) is 9.08. The van der Waals surface area contributed by atoms with Crippen LogP contribution in [0.15, 0.2) is 34.8 Å². The quantitative estimate of drug-likeness (QED) is 0.425. The van der Waals surface area contributed by atoms with Crippen molar-refractivity contribution in [3.63, 3.8) is 0 Å². The molecule has 0 bridgehead atoms. The average molecular weight is 505 g/mol. The van der Waals surface area contributed by atoms with E-state index < -0.39 is 5.97 Å². The summed E-state index contributed by atoms with van der Waals surface area (Å²) in [7, 11) is 0. The fraction of sp³-hybridized carbons (Fsp3) is 0.440. The SMILES string of the molecule is CCCc1c(O[C@H]2CCC[C@H](Oc3ccc(CC(=O)O)cc3Br)C2)ccc(C(C)=O)c1O.